The fourth-order valence-corrected chi connectivity index (χ4v) is 3.46. The minimum atomic E-state index is -1.91. The van der Waals surface area contributed by atoms with Crippen molar-refractivity contribution in [3.63, 3.8) is 0 Å². The first kappa shape index (κ1) is 19.4. The van der Waals surface area contributed by atoms with E-state index in [0.29, 0.717) is 5.56 Å². The third-order valence-corrected chi connectivity index (χ3v) is 4.85. The molecule has 9 heteroatoms. The molecule has 5 unspecified atom stereocenters. The first-order valence-electron chi connectivity index (χ1n) is 8.02. The number of aliphatic hydroxyl groups is 3. The molecule has 1 aromatic carbocycles. The molecule has 1 aliphatic heterocycles. The largest absolute Gasteiger partial charge is 0.634 e. The topological polar surface area (TPSA) is 148 Å². The summed E-state index contributed by atoms with van der Waals surface area (Å²) in [5.41, 5.74) is 0.412. The zero-order valence-corrected chi connectivity index (χ0v) is 13.7. The normalized spacial score (nSPS) is 25.3. The van der Waals surface area contributed by atoms with Crippen LogP contribution in [0.2, 0.25) is 0 Å². The van der Waals surface area contributed by atoms with Gasteiger partial charge in [-0.3, -0.25) is 14.9 Å². The van der Waals surface area contributed by atoms with Gasteiger partial charge in [0.2, 0.25) is 0 Å². The summed E-state index contributed by atoms with van der Waals surface area (Å²) in [6, 6.07) is 4.86. The number of aliphatic hydroxyl groups excluding tert-OH is 2. The van der Waals surface area contributed by atoms with E-state index >= 15 is 0 Å². The average Bonchev–Trinajstić information content (AvgIpc) is 2.54. The Balaban J connectivity index is 2.12. The van der Waals surface area contributed by atoms with Gasteiger partial charge in [-0.1, -0.05) is 19.1 Å². The standard InChI is InChI=1S/C16H22N2O7/c1-9(8-19)15-12(7-17(15)23)14(16(21)22)13(20)6-10-2-4-11(5-3-10)18(24)25/h2-5,9,12,14-17,19,21-22H,6-8H2,1H3. The second kappa shape index (κ2) is 7.98. The van der Waals surface area contributed by atoms with Crippen molar-refractivity contribution in [2.45, 2.75) is 25.7 Å². The number of hydrogen-bond acceptors (Lipinski definition) is 7. The first-order chi connectivity index (χ1) is 11.8. The van der Waals surface area contributed by atoms with Gasteiger partial charge < -0.3 is 25.6 Å². The summed E-state index contributed by atoms with van der Waals surface area (Å²) in [6.07, 6.45) is -2.03. The van der Waals surface area contributed by atoms with E-state index in [2.05, 4.69) is 0 Å². The van der Waals surface area contributed by atoms with Crippen LogP contribution >= 0.6 is 0 Å². The molecular weight excluding hydrogens is 332 g/mol. The number of nitro benzene ring substituents is 1. The fourth-order valence-electron chi connectivity index (χ4n) is 3.46. The predicted octanol–water partition coefficient (Wildman–Crippen LogP) is -1.36. The number of hydroxylamine groups is 2. The number of Topliss-reactive ketones (excluding diaryl/α,β-unsaturated/α-hetero) is 1. The maximum absolute atomic E-state index is 12.5. The van der Waals surface area contributed by atoms with Crippen molar-refractivity contribution in [1.29, 1.82) is 0 Å². The minimum Gasteiger partial charge on any atom is -0.634 e. The van der Waals surface area contributed by atoms with Gasteiger partial charge in [-0.25, -0.2) is 0 Å². The summed E-state index contributed by atoms with van der Waals surface area (Å²) in [4.78, 5) is 22.6. The van der Waals surface area contributed by atoms with Gasteiger partial charge >= 0.3 is 0 Å². The monoisotopic (exact) mass is 354 g/mol. The lowest BCUT2D eigenvalue weighted by Gasteiger charge is -2.52. The van der Waals surface area contributed by atoms with Gasteiger partial charge in [0.25, 0.3) is 5.69 Å². The minimum absolute atomic E-state index is 0.0727. The van der Waals surface area contributed by atoms with Crippen LogP contribution in [0.1, 0.15) is 12.5 Å². The third-order valence-electron chi connectivity index (χ3n) is 4.85. The second-order valence-electron chi connectivity index (χ2n) is 6.53. The molecule has 4 N–H and O–H groups in total. The van der Waals surface area contributed by atoms with Gasteiger partial charge in [0.1, 0.15) is 11.8 Å². The van der Waals surface area contributed by atoms with Crippen molar-refractivity contribution < 1.29 is 30.1 Å². The Kier molecular flexibility index (Phi) is 6.20. The zero-order valence-electron chi connectivity index (χ0n) is 13.7. The molecular formula is C16H22N2O7. The van der Waals surface area contributed by atoms with E-state index in [-0.39, 0.29) is 36.2 Å². The molecule has 0 saturated carbocycles. The summed E-state index contributed by atoms with van der Waals surface area (Å²) in [7, 11) is 0. The molecule has 9 nitrogen and oxygen atoms in total. The van der Waals surface area contributed by atoms with Crippen LogP contribution in [0.15, 0.2) is 24.3 Å². The number of ketones is 1. The molecule has 5 atom stereocenters. The molecule has 1 aliphatic rings. The second-order valence-corrected chi connectivity index (χ2v) is 6.53. The molecule has 1 aromatic rings. The van der Waals surface area contributed by atoms with Crippen molar-refractivity contribution in [2.75, 3.05) is 13.2 Å². The van der Waals surface area contributed by atoms with Gasteiger partial charge in [-0.05, 0) is 5.56 Å². The number of quaternary nitrogens is 1. The van der Waals surface area contributed by atoms with E-state index in [4.69, 9.17) is 0 Å². The van der Waals surface area contributed by atoms with Crippen LogP contribution in [0.3, 0.4) is 0 Å². The lowest BCUT2D eigenvalue weighted by molar-refractivity contribution is -0.939. The lowest BCUT2D eigenvalue weighted by atomic mass is 9.72. The molecule has 138 valence electrons. The Hall–Kier alpha value is -1.91. The number of carbonyl (C=O) groups is 1. The molecule has 1 heterocycles. The van der Waals surface area contributed by atoms with Crippen molar-refractivity contribution in [3.05, 3.63) is 45.2 Å². The highest BCUT2D eigenvalue weighted by atomic mass is 16.6. The van der Waals surface area contributed by atoms with Crippen LogP contribution in [0.4, 0.5) is 5.69 Å². The number of nitro groups is 1. The average molecular weight is 354 g/mol. The van der Waals surface area contributed by atoms with Gasteiger partial charge in [-0.2, -0.15) is 0 Å². The van der Waals surface area contributed by atoms with E-state index in [1.165, 1.54) is 24.3 Å². The maximum atomic E-state index is 12.5. The molecule has 0 amide bonds. The fraction of sp³-hybridized carbons (Fsp3) is 0.562. The predicted molar refractivity (Wildman–Crippen MR) is 86.2 cm³/mol. The highest BCUT2D eigenvalue weighted by Gasteiger charge is 2.51. The number of hydrogen-bond donors (Lipinski definition) is 4. The molecule has 25 heavy (non-hydrogen) atoms. The number of carbonyl (C=O) groups excluding carboxylic acids is 1. The lowest BCUT2D eigenvalue weighted by Crippen LogP contribution is -3.22. The van der Waals surface area contributed by atoms with E-state index in [0.717, 1.165) is 0 Å². The molecule has 0 aromatic heterocycles. The Morgan fingerprint density at radius 2 is 1.96 bits per heavy atom. The molecule has 1 fully saturated rings. The number of rotatable bonds is 8. The summed E-state index contributed by atoms with van der Waals surface area (Å²) in [6.45, 7) is 1.53. The number of non-ortho nitro benzene ring substituents is 1. The highest BCUT2D eigenvalue weighted by Crippen LogP contribution is 2.28. The van der Waals surface area contributed by atoms with Gasteiger partial charge in [0.15, 0.2) is 6.29 Å². The number of nitrogens with zero attached hydrogens (tertiary/aromatic N) is 1. The molecule has 0 bridgehead atoms. The van der Waals surface area contributed by atoms with Crippen LogP contribution in [-0.4, -0.2) is 51.5 Å². The van der Waals surface area contributed by atoms with Crippen molar-refractivity contribution >= 4 is 11.5 Å². The Bertz CT molecular complexity index is 619. The number of nitrogens with one attached hydrogen (secondary N) is 1. The molecule has 0 radical (unpaired) electrons. The molecule has 0 aliphatic carbocycles. The quantitative estimate of drug-likeness (QED) is 0.195. The smallest absolute Gasteiger partial charge is 0.269 e. The summed E-state index contributed by atoms with van der Waals surface area (Å²) < 4.78 is 0. The highest BCUT2D eigenvalue weighted by molar-refractivity contribution is 5.84. The molecule has 1 saturated heterocycles. The first-order valence-corrected chi connectivity index (χ1v) is 8.02. The summed E-state index contributed by atoms with van der Waals surface area (Å²) >= 11 is 0. The van der Waals surface area contributed by atoms with Crippen molar-refractivity contribution in [1.82, 2.24) is 0 Å². The van der Waals surface area contributed by atoms with Gasteiger partial charge in [0.05, 0.1) is 29.9 Å². The van der Waals surface area contributed by atoms with Crippen molar-refractivity contribution in [3.8, 4) is 0 Å². The van der Waals surface area contributed by atoms with E-state index < -0.39 is 34.9 Å². The van der Waals surface area contributed by atoms with Crippen LogP contribution < -0.4 is 5.06 Å². The van der Waals surface area contributed by atoms with Crippen LogP contribution in [0.25, 0.3) is 0 Å². The van der Waals surface area contributed by atoms with Gasteiger partial charge in [-0.15, -0.1) is 0 Å². The Morgan fingerprint density at radius 3 is 2.40 bits per heavy atom. The van der Waals surface area contributed by atoms with E-state index in [1.54, 1.807) is 6.92 Å². The SMILES string of the molecule is CC(CO)C1C(C(C(=O)Cc2ccc([N+](=O)[O-])cc2)C(O)O)C[NH+]1[O-]. The summed E-state index contributed by atoms with van der Waals surface area (Å²) in [5.74, 6) is -2.47. The van der Waals surface area contributed by atoms with Crippen molar-refractivity contribution in [2.24, 2.45) is 17.8 Å². The molecule has 2 rings (SSSR count). The molecule has 0 spiro atoms. The van der Waals surface area contributed by atoms with Crippen LogP contribution in [0.5, 0.6) is 0 Å². The zero-order chi connectivity index (χ0) is 18.7. The third kappa shape index (κ3) is 4.20. The van der Waals surface area contributed by atoms with E-state index in [1.807, 2.05) is 0 Å². The maximum Gasteiger partial charge on any atom is 0.269 e. The van der Waals surface area contributed by atoms with Crippen LogP contribution in [0, 0.1) is 33.1 Å². The van der Waals surface area contributed by atoms with E-state index in [9.17, 15) is 35.4 Å². The number of benzene rings is 1. The Labute approximate surface area is 144 Å². The van der Waals surface area contributed by atoms with Crippen LogP contribution in [-0.2, 0) is 11.2 Å². The Morgan fingerprint density at radius 1 is 1.36 bits per heavy atom. The summed E-state index contributed by atoms with van der Waals surface area (Å²) in [5, 5.41) is 50.9. The van der Waals surface area contributed by atoms with Gasteiger partial charge in [0, 0.05) is 24.5 Å².